The van der Waals surface area contributed by atoms with Gasteiger partial charge in [-0.3, -0.25) is 0 Å². The van der Waals surface area contributed by atoms with Crippen LogP contribution in [0.15, 0.2) is 47.1 Å². The summed E-state index contributed by atoms with van der Waals surface area (Å²) in [5, 5.41) is 10.2. The van der Waals surface area contributed by atoms with Crippen molar-refractivity contribution in [3.8, 4) is 11.3 Å². The maximum absolute atomic E-state index is 9.59. The average molecular weight is 338 g/mol. The van der Waals surface area contributed by atoms with Crippen molar-refractivity contribution in [3.05, 3.63) is 57.8 Å². The van der Waals surface area contributed by atoms with Gasteiger partial charge in [-0.05, 0) is 18.2 Å². The molecule has 0 spiro atoms. The van der Waals surface area contributed by atoms with Crippen LogP contribution in [-0.4, -0.2) is 14.5 Å². The summed E-state index contributed by atoms with van der Waals surface area (Å²) in [4.78, 5) is 4.55. The fourth-order valence-electron chi connectivity index (χ4n) is 2.06. The molecule has 0 radical (unpaired) electrons. The first kappa shape index (κ1) is 12.7. The standard InChI is InChI=1S/C14H10BrClN2O/c15-10-3-1-9(2-4-10)14-12(8-19)18-6-5-11(16)7-13(18)17-14/h1-7,19H,8H2. The quantitative estimate of drug-likeness (QED) is 0.770. The van der Waals surface area contributed by atoms with Crippen LogP contribution in [0.25, 0.3) is 16.9 Å². The van der Waals surface area contributed by atoms with Crippen LogP contribution in [0.3, 0.4) is 0 Å². The number of aromatic nitrogens is 2. The van der Waals surface area contributed by atoms with Crippen LogP contribution in [0.5, 0.6) is 0 Å². The molecular weight excluding hydrogens is 328 g/mol. The van der Waals surface area contributed by atoms with E-state index in [1.54, 1.807) is 12.1 Å². The minimum atomic E-state index is -0.0752. The van der Waals surface area contributed by atoms with Gasteiger partial charge in [0.25, 0.3) is 0 Å². The van der Waals surface area contributed by atoms with Crippen molar-refractivity contribution < 1.29 is 5.11 Å². The molecule has 0 amide bonds. The molecule has 0 fully saturated rings. The highest BCUT2D eigenvalue weighted by Gasteiger charge is 2.13. The molecular formula is C14H10BrClN2O. The van der Waals surface area contributed by atoms with Crippen molar-refractivity contribution in [1.82, 2.24) is 9.38 Å². The number of nitrogens with zero attached hydrogens (tertiary/aromatic N) is 2. The molecule has 5 heteroatoms. The summed E-state index contributed by atoms with van der Waals surface area (Å²) in [7, 11) is 0. The van der Waals surface area contributed by atoms with E-state index in [4.69, 9.17) is 11.6 Å². The van der Waals surface area contributed by atoms with Crippen molar-refractivity contribution in [2.75, 3.05) is 0 Å². The summed E-state index contributed by atoms with van der Waals surface area (Å²) in [5.74, 6) is 0. The first-order valence-electron chi connectivity index (χ1n) is 5.72. The number of imidazole rings is 1. The molecule has 3 nitrogen and oxygen atoms in total. The van der Waals surface area contributed by atoms with Gasteiger partial charge in [-0.2, -0.15) is 0 Å². The molecule has 3 aromatic rings. The third-order valence-corrected chi connectivity index (χ3v) is 3.72. The Kier molecular flexibility index (Phi) is 3.31. The van der Waals surface area contributed by atoms with Crippen molar-refractivity contribution in [2.24, 2.45) is 0 Å². The van der Waals surface area contributed by atoms with E-state index in [0.717, 1.165) is 27.1 Å². The van der Waals surface area contributed by atoms with Crippen molar-refractivity contribution in [3.63, 3.8) is 0 Å². The lowest BCUT2D eigenvalue weighted by atomic mass is 10.1. The third-order valence-electron chi connectivity index (χ3n) is 2.95. The van der Waals surface area contributed by atoms with Crippen LogP contribution in [0.4, 0.5) is 0 Å². The van der Waals surface area contributed by atoms with E-state index in [9.17, 15) is 5.11 Å². The number of aliphatic hydroxyl groups excluding tert-OH is 1. The normalized spacial score (nSPS) is 11.1. The number of hydrogen-bond donors (Lipinski definition) is 1. The van der Waals surface area contributed by atoms with Crippen molar-refractivity contribution in [2.45, 2.75) is 6.61 Å². The molecule has 2 heterocycles. The van der Waals surface area contributed by atoms with Gasteiger partial charge in [0.1, 0.15) is 5.65 Å². The van der Waals surface area contributed by atoms with Gasteiger partial charge in [-0.1, -0.05) is 39.7 Å². The Morgan fingerprint density at radius 3 is 2.63 bits per heavy atom. The zero-order valence-electron chi connectivity index (χ0n) is 9.85. The van der Waals surface area contributed by atoms with Gasteiger partial charge in [0, 0.05) is 27.3 Å². The largest absolute Gasteiger partial charge is 0.390 e. The third kappa shape index (κ3) is 2.27. The molecule has 96 valence electrons. The Balaban J connectivity index is 2.25. The smallest absolute Gasteiger partial charge is 0.139 e. The Hall–Kier alpha value is -1.36. The summed E-state index contributed by atoms with van der Waals surface area (Å²) in [6, 6.07) is 11.4. The number of pyridine rings is 1. The number of halogens is 2. The van der Waals surface area contributed by atoms with E-state index in [-0.39, 0.29) is 6.61 Å². The summed E-state index contributed by atoms with van der Waals surface area (Å²) in [6.07, 6.45) is 1.82. The van der Waals surface area contributed by atoms with E-state index in [1.165, 1.54) is 0 Å². The number of rotatable bonds is 2. The second-order valence-corrected chi connectivity index (χ2v) is 5.50. The van der Waals surface area contributed by atoms with E-state index in [1.807, 2.05) is 34.9 Å². The number of hydrogen-bond acceptors (Lipinski definition) is 2. The summed E-state index contributed by atoms with van der Waals surface area (Å²) in [6.45, 7) is -0.0752. The summed E-state index contributed by atoms with van der Waals surface area (Å²) >= 11 is 9.37. The number of aliphatic hydroxyl groups is 1. The fourth-order valence-corrected chi connectivity index (χ4v) is 2.48. The molecule has 0 aliphatic carbocycles. The minimum Gasteiger partial charge on any atom is -0.390 e. The predicted molar refractivity (Wildman–Crippen MR) is 79.3 cm³/mol. The van der Waals surface area contributed by atoms with Gasteiger partial charge in [-0.25, -0.2) is 4.98 Å². The molecule has 19 heavy (non-hydrogen) atoms. The summed E-state index contributed by atoms with van der Waals surface area (Å²) in [5.41, 5.74) is 3.23. The molecule has 3 rings (SSSR count). The minimum absolute atomic E-state index is 0.0752. The Bertz CT molecular complexity index is 737. The molecule has 0 unspecified atom stereocenters. The second kappa shape index (κ2) is 4.96. The van der Waals surface area contributed by atoms with Gasteiger partial charge in [-0.15, -0.1) is 0 Å². The van der Waals surface area contributed by atoms with Crippen LogP contribution in [0.1, 0.15) is 5.69 Å². The SMILES string of the molecule is OCc1c(-c2ccc(Br)cc2)nc2cc(Cl)ccn12. The zero-order valence-corrected chi connectivity index (χ0v) is 12.2. The maximum atomic E-state index is 9.59. The second-order valence-electron chi connectivity index (χ2n) is 4.15. The Morgan fingerprint density at radius 2 is 1.95 bits per heavy atom. The van der Waals surface area contributed by atoms with Crippen LogP contribution in [0.2, 0.25) is 5.02 Å². The lowest BCUT2D eigenvalue weighted by Crippen LogP contribution is -1.93. The predicted octanol–water partition coefficient (Wildman–Crippen LogP) is 3.91. The van der Waals surface area contributed by atoms with E-state index in [2.05, 4.69) is 20.9 Å². The maximum Gasteiger partial charge on any atom is 0.139 e. The number of fused-ring (bicyclic) bond motifs is 1. The van der Waals surface area contributed by atoms with E-state index < -0.39 is 0 Å². The van der Waals surface area contributed by atoms with Gasteiger partial charge in [0.05, 0.1) is 18.0 Å². The lowest BCUT2D eigenvalue weighted by Gasteiger charge is -2.02. The first-order valence-corrected chi connectivity index (χ1v) is 6.89. The van der Waals surface area contributed by atoms with Crippen molar-refractivity contribution in [1.29, 1.82) is 0 Å². The van der Waals surface area contributed by atoms with Crippen LogP contribution in [0, 0.1) is 0 Å². The van der Waals surface area contributed by atoms with Crippen LogP contribution < -0.4 is 0 Å². The van der Waals surface area contributed by atoms with Crippen LogP contribution >= 0.6 is 27.5 Å². The summed E-state index contributed by atoms with van der Waals surface area (Å²) < 4.78 is 2.86. The molecule has 0 aliphatic heterocycles. The highest BCUT2D eigenvalue weighted by atomic mass is 79.9. The zero-order chi connectivity index (χ0) is 13.4. The molecule has 0 saturated heterocycles. The molecule has 1 N–H and O–H groups in total. The van der Waals surface area contributed by atoms with Gasteiger partial charge in [0.2, 0.25) is 0 Å². The fraction of sp³-hybridized carbons (Fsp3) is 0.0714. The average Bonchev–Trinajstić information content (AvgIpc) is 2.77. The molecule has 2 aromatic heterocycles. The molecule has 1 aromatic carbocycles. The highest BCUT2D eigenvalue weighted by Crippen LogP contribution is 2.27. The highest BCUT2D eigenvalue weighted by molar-refractivity contribution is 9.10. The monoisotopic (exact) mass is 336 g/mol. The van der Waals surface area contributed by atoms with E-state index >= 15 is 0 Å². The van der Waals surface area contributed by atoms with Crippen LogP contribution in [-0.2, 0) is 6.61 Å². The molecule has 0 saturated carbocycles. The number of benzene rings is 1. The Labute approximate surface area is 123 Å². The lowest BCUT2D eigenvalue weighted by molar-refractivity contribution is 0.276. The Morgan fingerprint density at radius 1 is 1.21 bits per heavy atom. The molecule has 0 atom stereocenters. The van der Waals surface area contributed by atoms with Gasteiger partial charge in [0.15, 0.2) is 0 Å². The van der Waals surface area contributed by atoms with E-state index in [0.29, 0.717) is 5.02 Å². The topological polar surface area (TPSA) is 37.5 Å². The first-order chi connectivity index (χ1) is 9.19. The van der Waals surface area contributed by atoms with Crippen molar-refractivity contribution >= 4 is 33.2 Å². The van der Waals surface area contributed by atoms with Gasteiger partial charge < -0.3 is 9.51 Å². The van der Waals surface area contributed by atoms with Gasteiger partial charge >= 0.3 is 0 Å². The molecule has 0 bridgehead atoms. The molecule has 0 aliphatic rings.